The monoisotopic (exact) mass is 1490 g/mol. The van der Waals surface area contributed by atoms with E-state index in [9.17, 15) is 99.0 Å². The van der Waals surface area contributed by atoms with E-state index in [2.05, 4.69) is 47.9 Å². The highest BCUT2D eigenvalue weighted by atomic mass is 16.7. The molecule has 4 saturated heterocycles. The van der Waals surface area contributed by atoms with Gasteiger partial charge in [0.25, 0.3) is 0 Å². The third kappa shape index (κ3) is 33.2. The topological polar surface area (TPSA) is 574 Å². The first-order valence-electron chi connectivity index (χ1n) is 35.1. The van der Waals surface area contributed by atoms with Gasteiger partial charge in [-0.05, 0) is 25.7 Å². The van der Waals surface area contributed by atoms with Crippen LogP contribution in [-0.4, -0.2) is 338 Å². The van der Waals surface area contributed by atoms with Gasteiger partial charge in [-0.1, -0.05) is 38.5 Å². The predicted octanol–water partition coefficient (Wildman–Crippen LogP) is -8.47. The summed E-state index contributed by atoms with van der Waals surface area (Å²) < 4.78 is 55.7. The molecule has 592 valence electrons. The lowest BCUT2D eigenvalue weighted by molar-refractivity contribution is -0.272. The number of carbonyl (C=O) groups excluding carboxylic acids is 10. The number of aliphatic hydroxyl groups excluding tert-OH is 10. The molecule has 0 radical (unpaired) electrons. The molecule has 0 aromatic heterocycles. The third-order valence-corrected chi connectivity index (χ3v) is 16.9. The molecule has 39 nitrogen and oxygen atoms in total. The molecule has 0 spiro atoms. The van der Waals surface area contributed by atoms with Gasteiger partial charge in [0.05, 0.1) is 98.1 Å². The predicted molar refractivity (Wildman–Crippen MR) is 352 cm³/mol. The van der Waals surface area contributed by atoms with Crippen LogP contribution in [0.2, 0.25) is 0 Å². The van der Waals surface area contributed by atoms with Gasteiger partial charge in [-0.2, -0.15) is 0 Å². The molecule has 19 N–H and O–H groups in total. The lowest BCUT2D eigenvalue weighted by Gasteiger charge is -2.42. The molecule has 4 aliphatic heterocycles. The zero-order chi connectivity index (χ0) is 75.8. The first-order chi connectivity index (χ1) is 49.3. The number of hydrogen-bond acceptors (Lipinski definition) is 30. The fraction of sp³-hybridized carbons (Fsp3) is 0.844. The van der Waals surface area contributed by atoms with Crippen LogP contribution < -0.4 is 47.9 Å². The molecule has 9 amide bonds. The highest BCUT2D eigenvalue weighted by molar-refractivity contribution is 5.93. The van der Waals surface area contributed by atoms with Crippen molar-refractivity contribution in [1.82, 2.24) is 47.9 Å². The molecule has 0 bridgehead atoms. The number of hydrogen-bond donors (Lipinski definition) is 19. The average Bonchev–Trinajstić information content (AvgIpc) is 1.40. The summed E-state index contributed by atoms with van der Waals surface area (Å²) in [6, 6.07) is -6.38. The van der Waals surface area contributed by atoms with Gasteiger partial charge in [0.2, 0.25) is 53.2 Å². The number of Topliss-reactive ketones (excluding diaryl/α,β-unsaturated/α-hetero) is 1. The van der Waals surface area contributed by atoms with Crippen LogP contribution >= 0.6 is 0 Å². The second-order valence-electron chi connectivity index (χ2n) is 25.2. The summed E-state index contributed by atoms with van der Waals surface area (Å²) in [4.78, 5) is 128. The van der Waals surface area contributed by atoms with E-state index in [1.165, 1.54) is 13.8 Å². The van der Waals surface area contributed by atoms with Crippen LogP contribution in [0.4, 0.5) is 0 Å². The maximum atomic E-state index is 13.8. The van der Waals surface area contributed by atoms with Crippen molar-refractivity contribution >= 4 is 58.9 Å². The first-order valence-corrected chi connectivity index (χ1v) is 35.1. The van der Waals surface area contributed by atoms with Crippen LogP contribution in [0.5, 0.6) is 0 Å². The fourth-order valence-corrected chi connectivity index (χ4v) is 11.4. The van der Waals surface area contributed by atoms with E-state index in [1.807, 2.05) is 0 Å². The SMILES string of the molecule is CC(=O)NC1C(=O)C(O)C(CO)OC1OCCOCCNC(=O)C(CCC(=O)NCCOCCOC1OC(CO)C(O)C(O)C1NC(C)=O)NC(=O)CCC(NC(=O)CCCCCCCCCCC(=O)NCC1CC(O)C(CO)O1)C(=O)NCCOCCOC1OC(CO)C(O)C(O)C1NC(C)=O. The smallest absolute Gasteiger partial charge is 0.242 e. The fourth-order valence-electron chi connectivity index (χ4n) is 11.4. The first kappa shape index (κ1) is 89.5. The normalized spacial score (nSPS) is 27.5. The van der Waals surface area contributed by atoms with E-state index in [-0.39, 0.29) is 130 Å². The quantitative estimate of drug-likeness (QED) is 0.0252. The minimum absolute atomic E-state index is 0.0284. The Labute approximate surface area is 596 Å². The lowest BCUT2D eigenvalue weighted by Crippen LogP contribution is -2.64. The van der Waals surface area contributed by atoms with Crippen LogP contribution in [0.1, 0.15) is 117 Å². The average molecular weight is 1490 g/mol. The summed E-state index contributed by atoms with van der Waals surface area (Å²) in [6.45, 7) is 0.102. The summed E-state index contributed by atoms with van der Waals surface area (Å²) in [6.07, 6.45) is -11.7. The molecule has 0 aromatic carbocycles. The van der Waals surface area contributed by atoms with Crippen LogP contribution in [0.15, 0.2) is 0 Å². The molecule has 4 heterocycles. The van der Waals surface area contributed by atoms with Crippen molar-refractivity contribution in [3.8, 4) is 0 Å². The van der Waals surface area contributed by atoms with Gasteiger partial charge in [0.15, 0.2) is 24.7 Å². The van der Waals surface area contributed by atoms with Crippen molar-refractivity contribution < 1.29 is 146 Å². The second kappa shape index (κ2) is 49.8. The Morgan fingerprint density at radius 3 is 1.25 bits per heavy atom. The Morgan fingerprint density at radius 2 is 0.816 bits per heavy atom. The van der Waals surface area contributed by atoms with Gasteiger partial charge in [0.1, 0.15) is 85.1 Å². The summed E-state index contributed by atoms with van der Waals surface area (Å²) in [5, 5.41) is 123. The summed E-state index contributed by atoms with van der Waals surface area (Å²) in [5.41, 5.74) is 0. The number of ketones is 1. The van der Waals surface area contributed by atoms with E-state index in [0.29, 0.717) is 32.1 Å². The maximum absolute atomic E-state index is 13.8. The van der Waals surface area contributed by atoms with E-state index in [0.717, 1.165) is 39.0 Å². The van der Waals surface area contributed by atoms with Crippen molar-refractivity contribution in [1.29, 1.82) is 0 Å². The molecule has 4 rings (SSSR count). The number of rotatable bonds is 51. The van der Waals surface area contributed by atoms with Gasteiger partial charge in [-0.25, -0.2) is 0 Å². The Morgan fingerprint density at radius 1 is 0.427 bits per heavy atom. The molecule has 0 aromatic rings. The van der Waals surface area contributed by atoms with Crippen LogP contribution in [0.25, 0.3) is 0 Å². The lowest BCUT2D eigenvalue weighted by atomic mass is 9.97. The molecule has 103 heavy (non-hydrogen) atoms. The van der Waals surface area contributed by atoms with Gasteiger partial charge in [-0.15, -0.1) is 0 Å². The molecule has 0 aliphatic carbocycles. The second-order valence-corrected chi connectivity index (χ2v) is 25.2. The highest BCUT2D eigenvalue weighted by Crippen LogP contribution is 2.25. The van der Waals surface area contributed by atoms with E-state index < -0.39 is 189 Å². The van der Waals surface area contributed by atoms with Gasteiger partial charge in [-0.3, -0.25) is 47.9 Å². The molecular formula is C64H111N9O30. The summed E-state index contributed by atoms with van der Waals surface area (Å²) in [7, 11) is 0. The van der Waals surface area contributed by atoms with Crippen molar-refractivity contribution in [2.45, 2.75) is 233 Å². The van der Waals surface area contributed by atoms with Crippen LogP contribution in [0, 0.1) is 0 Å². The number of carbonyl (C=O) groups is 10. The van der Waals surface area contributed by atoms with E-state index in [1.54, 1.807) is 0 Å². The van der Waals surface area contributed by atoms with Crippen molar-refractivity contribution in [3.63, 3.8) is 0 Å². The van der Waals surface area contributed by atoms with Gasteiger partial charge >= 0.3 is 0 Å². The number of ether oxygens (including phenoxy) is 10. The van der Waals surface area contributed by atoms with Gasteiger partial charge in [0, 0.05) is 79.1 Å². The minimum Gasteiger partial charge on any atom is -0.394 e. The number of amides is 9. The highest BCUT2D eigenvalue weighted by Gasteiger charge is 2.48. The standard InChI is InChI=1S/C64H111N9O30/c1-36(78)69-51-57(89)54(86)44(33-75)101-62(51)97-27-24-94-21-18-65-48(83)16-14-40(60(92)66-19-22-95-25-28-98-63-52(70-37(2)79)58(90)55(87)45(34-76)102-63)73-50(85)17-15-41(61(93)67-20-23-96-26-29-99-64-53(71-38(3)80)59(91)56(88)46(35-77)103-64)72-49(84)13-11-9-7-5-4-6-8-10-12-47(82)68-31-39-30-42(81)43(32-74)100-39/h39-46,51-57,59,62-64,74-77,81,86-89,91H,4-35H2,1-3H3,(H,65,83)(H,66,92)(H,67,93)(H,68,82)(H,69,78)(H,70,79)(H,71,80)(H,72,84)(H,73,85). The van der Waals surface area contributed by atoms with E-state index >= 15 is 0 Å². The third-order valence-electron chi connectivity index (χ3n) is 16.9. The maximum Gasteiger partial charge on any atom is 0.242 e. The van der Waals surface area contributed by atoms with Crippen molar-refractivity contribution in [2.75, 3.05) is 112 Å². The minimum atomic E-state index is -1.73. The number of unbranched alkanes of at least 4 members (excludes halogenated alkanes) is 7. The molecule has 19 unspecified atom stereocenters. The Hall–Kier alpha value is -5.90. The van der Waals surface area contributed by atoms with Gasteiger partial charge < -0.3 is 146 Å². The molecule has 4 fully saturated rings. The Kier molecular flexibility index (Phi) is 43.3. The molecule has 0 saturated carbocycles. The molecule has 4 aliphatic rings. The summed E-state index contributed by atoms with van der Waals surface area (Å²) >= 11 is 0. The zero-order valence-corrected chi connectivity index (χ0v) is 58.7. The van der Waals surface area contributed by atoms with E-state index in [4.69, 9.17) is 47.4 Å². The number of nitrogens with one attached hydrogen (secondary N) is 9. The molecule has 39 heteroatoms. The molecule has 19 atom stereocenters. The number of aliphatic hydroxyl groups is 10. The largest absolute Gasteiger partial charge is 0.394 e. The zero-order valence-electron chi connectivity index (χ0n) is 58.7. The van der Waals surface area contributed by atoms with Crippen molar-refractivity contribution in [2.24, 2.45) is 0 Å². The van der Waals surface area contributed by atoms with Crippen molar-refractivity contribution in [3.05, 3.63) is 0 Å². The van der Waals surface area contributed by atoms with Crippen LogP contribution in [-0.2, 0) is 95.3 Å². The molecular weight excluding hydrogens is 1370 g/mol. The Bertz CT molecular complexity index is 2570. The van der Waals surface area contributed by atoms with Crippen LogP contribution in [0.3, 0.4) is 0 Å². The summed E-state index contributed by atoms with van der Waals surface area (Å²) in [5.74, 6) is -5.89. The Balaban J connectivity index is 1.32.